The average molecular weight is 172 g/mol. The summed E-state index contributed by atoms with van der Waals surface area (Å²) in [5.74, 6) is 0. The second-order valence-electron chi connectivity index (χ2n) is 2.33. The van der Waals surface area contributed by atoms with Crippen molar-refractivity contribution in [3.63, 3.8) is 0 Å². The summed E-state index contributed by atoms with van der Waals surface area (Å²) in [5, 5.41) is 12.4. The first-order valence-corrected chi connectivity index (χ1v) is 3.76. The Kier molecular flexibility index (Phi) is 2.74. The number of hydrogen-bond acceptors (Lipinski definition) is 2. The van der Waals surface area contributed by atoms with Crippen LogP contribution in [0.4, 0.5) is 5.69 Å². The van der Waals surface area contributed by atoms with Gasteiger partial charge in [-0.2, -0.15) is 0 Å². The summed E-state index contributed by atoms with van der Waals surface area (Å²) in [7, 11) is 0. The molecule has 2 nitrogen and oxygen atoms in total. The van der Waals surface area contributed by atoms with Crippen LogP contribution in [0, 0.1) is 0 Å². The Morgan fingerprint density at radius 1 is 1.55 bits per heavy atom. The first-order valence-electron chi connectivity index (χ1n) is 3.38. The molecule has 0 spiro atoms. The molecule has 0 bridgehead atoms. The van der Waals surface area contributed by atoms with E-state index in [0.717, 1.165) is 5.69 Å². The van der Waals surface area contributed by atoms with Crippen LogP contribution in [0.5, 0.6) is 0 Å². The molecule has 0 aromatic heterocycles. The molecule has 0 fully saturated rings. The van der Waals surface area contributed by atoms with E-state index in [-0.39, 0.29) is 0 Å². The summed E-state index contributed by atoms with van der Waals surface area (Å²) in [4.78, 5) is 0. The monoisotopic (exact) mass is 171 g/mol. The lowest BCUT2D eigenvalue weighted by molar-refractivity contribution is 0.224. The van der Waals surface area contributed by atoms with Crippen LogP contribution in [0.1, 0.15) is 6.92 Å². The molecule has 0 amide bonds. The predicted octanol–water partition coefficient (Wildman–Crippen LogP) is 2.09. The molecule has 2 N–H and O–H groups in total. The maximum Gasteiger partial charge on any atom is 0.121 e. The minimum atomic E-state index is -0.548. The SMILES string of the molecule is CC(O)Nc1cccc(Cl)c1. The van der Waals surface area contributed by atoms with Gasteiger partial charge < -0.3 is 10.4 Å². The Morgan fingerprint density at radius 2 is 2.27 bits per heavy atom. The van der Waals surface area contributed by atoms with Gasteiger partial charge in [0.2, 0.25) is 0 Å². The highest BCUT2D eigenvalue weighted by atomic mass is 35.5. The molecular weight excluding hydrogens is 162 g/mol. The largest absolute Gasteiger partial charge is 0.374 e. The second-order valence-corrected chi connectivity index (χ2v) is 2.77. The number of nitrogens with one attached hydrogen (secondary N) is 1. The Labute approximate surface area is 70.8 Å². The molecule has 0 aliphatic heterocycles. The first kappa shape index (κ1) is 8.37. The van der Waals surface area contributed by atoms with Crippen molar-refractivity contribution in [3.05, 3.63) is 29.3 Å². The van der Waals surface area contributed by atoms with Crippen LogP contribution in [0.3, 0.4) is 0 Å². The predicted molar refractivity (Wildman–Crippen MR) is 46.8 cm³/mol. The van der Waals surface area contributed by atoms with Crippen LogP contribution in [0.2, 0.25) is 5.02 Å². The van der Waals surface area contributed by atoms with Gasteiger partial charge in [-0.15, -0.1) is 0 Å². The van der Waals surface area contributed by atoms with Crippen LogP contribution in [-0.4, -0.2) is 11.3 Å². The van der Waals surface area contributed by atoms with Crippen molar-refractivity contribution in [3.8, 4) is 0 Å². The standard InChI is InChI=1S/C8H10ClNO/c1-6(11)10-8-4-2-3-7(9)5-8/h2-6,10-11H,1H3. The molecule has 0 saturated carbocycles. The van der Waals surface area contributed by atoms with Crippen molar-refractivity contribution in [2.75, 3.05) is 5.32 Å². The molecule has 1 aromatic carbocycles. The molecule has 3 heteroatoms. The lowest BCUT2D eigenvalue weighted by Gasteiger charge is -2.08. The van der Waals surface area contributed by atoms with Crippen molar-refractivity contribution in [2.24, 2.45) is 0 Å². The van der Waals surface area contributed by atoms with Crippen LogP contribution in [-0.2, 0) is 0 Å². The third-order valence-corrected chi connectivity index (χ3v) is 1.44. The number of halogens is 1. The number of hydrogen-bond donors (Lipinski definition) is 2. The molecule has 1 unspecified atom stereocenters. The number of benzene rings is 1. The van der Waals surface area contributed by atoms with Crippen molar-refractivity contribution < 1.29 is 5.11 Å². The highest BCUT2D eigenvalue weighted by Gasteiger charge is 1.95. The molecule has 0 radical (unpaired) electrons. The van der Waals surface area contributed by atoms with Gasteiger partial charge in [-0.05, 0) is 25.1 Å². The zero-order chi connectivity index (χ0) is 8.27. The van der Waals surface area contributed by atoms with E-state index in [1.54, 1.807) is 19.1 Å². The fourth-order valence-electron chi connectivity index (χ4n) is 0.819. The van der Waals surface area contributed by atoms with Crippen LogP contribution >= 0.6 is 11.6 Å². The number of rotatable bonds is 2. The van der Waals surface area contributed by atoms with Crippen LogP contribution < -0.4 is 5.32 Å². The van der Waals surface area contributed by atoms with Crippen molar-refractivity contribution in [2.45, 2.75) is 13.2 Å². The van der Waals surface area contributed by atoms with Crippen LogP contribution in [0.15, 0.2) is 24.3 Å². The smallest absolute Gasteiger partial charge is 0.121 e. The van der Waals surface area contributed by atoms with Gasteiger partial charge in [0.15, 0.2) is 0 Å². The fourth-order valence-corrected chi connectivity index (χ4v) is 1.01. The number of aliphatic hydroxyl groups is 1. The van der Waals surface area contributed by atoms with E-state index in [9.17, 15) is 0 Å². The van der Waals surface area contributed by atoms with Gasteiger partial charge >= 0.3 is 0 Å². The summed E-state index contributed by atoms with van der Waals surface area (Å²) in [6, 6.07) is 7.22. The zero-order valence-electron chi connectivity index (χ0n) is 6.21. The summed E-state index contributed by atoms with van der Waals surface area (Å²) in [6.45, 7) is 1.65. The first-order chi connectivity index (χ1) is 5.18. The Balaban J connectivity index is 2.71. The van der Waals surface area contributed by atoms with E-state index in [4.69, 9.17) is 16.7 Å². The van der Waals surface area contributed by atoms with Crippen molar-refractivity contribution in [1.82, 2.24) is 0 Å². The average Bonchev–Trinajstić information content (AvgIpc) is 1.85. The van der Waals surface area contributed by atoms with Gasteiger partial charge in [0, 0.05) is 10.7 Å². The summed E-state index contributed by atoms with van der Waals surface area (Å²) >= 11 is 5.71. The van der Waals surface area contributed by atoms with E-state index in [1.165, 1.54) is 0 Å². The van der Waals surface area contributed by atoms with Crippen molar-refractivity contribution >= 4 is 17.3 Å². The molecule has 1 aromatic rings. The molecule has 1 atom stereocenters. The normalized spacial score (nSPS) is 12.6. The Bertz CT molecular complexity index is 237. The summed E-state index contributed by atoms with van der Waals surface area (Å²) in [6.07, 6.45) is -0.548. The number of anilines is 1. The van der Waals surface area contributed by atoms with Crippen molar-refractivity contribution in [1.29, 1.82) is 0 Å². The maximum absolute atomic E-state index is 8.94. The van der Waals surface area contributed by atoms with Gasteiger partial charge in [-0.3, -0.25) is 0 Å². The van der Waals surface area contributed by atoms with Gasteiger partial charge in [-0.25, -0.2) is 0 Å². The fraction of sp³-hybridized carbons (Fsp3) is 0.250. The van der Waals surface area contributed by atoms with Gasteiger partial charge in [0.25, 0.3) is 0 Å². The zero-order valence-corrected chi connectivity index (χ0v) is 6.97. The van der Waals surface area contributed by atoms with E-state index in [0.29, 0.717) is 5.02 Å². The summed E-state index contributed by atoms with van der Waals surface area (Å²) in [5.41, 5.74) is 0.826. The van der Waals surface area contributed by atoms with Gasteiger partial charge in [-0.1, -0.05) is 17.7 Å². The van der Waals surface area contributed by atoms with Crippen LogP contribution in [0.25, 0.3) is 0 Å². The van der Waals surface area contributed by atoms with E-state index < -0.39 is 6.23 Å². The highest BCUT2D eigenvalue weighted by Crippen LogP contribution is 2.14. The Hall–Kier alpha value is -0.730. The van der Waals surface area contributed by atoms with E-state index in [2.05, 4.69) is 5.32 Å². The minimum Gasteiger partial charge on any atom is -0.374 e. The Morgan fingerprint density at radius 3 is 2.82 bits per heavy atom. The van der Waals surface area contributed by atoms with E-state index >= 15 is 0 Å². The summed E-state index contributed by atoms with van der Waals surface area (Å²) < 4.78 is 0. The van der Waals surface area contributed by atoms with Gasteiger partial charge in [0.05, 0.1) is 0 Å². The molecule has 0 aliphatic rings. The molecule has 60 valence electrons. The molecule has 11 heavy (non-hydrogen) atoms. The molecule has 0 heterocycles. The third-order valence-electron chi connectivity index (χ3n) is 1.20. The topological polar surface area (TPSA) is 32.3 Å². The lowest BCUT2D eigenvalue weighted by Crippen LogP contribution is -2.12. The highest BCUT2D eigenvalue weighted by molar-refractivity contribution is 6.30. The molecular formula is C8H10ClNO. The van der Waals surface area contributed by atoms with Gasteiger partial charge in [0.1, 0.15) is 6.23 Å². The quantitative estimate of drug-likeness (QED) is 0.668. The molecule has 0 aliphatic carbocycles. The lowest BCUT2D eigenvalue weighted by atomic mass is 10.3. The minimum absolute atomic E-state index is 0.548. The molecule has 0 saturated heterocycles. The number of aliphatic hydroxyl groups excluding tert-OH is 1. The third kappa shape index (κ3) is 2.78. The van der Waals surface area contributed by atoms with E-state index in [1.807, 2.05) is 12.1 Å². The maximum atomic E-state index is 8.94. The molecule has 1 rings (SSSR count). The second kappa shape index (κ2) is 3.60.